The van der Waals surface area contributed by atoms with Gasteiger partial charge in [-0.15, -0.1) is 0 Å². The average Bonchev–Trinajstić information content (AvgIpc) is 2.77. The summed E-state index contributed by atoms with van der Waals surface area (Å²) in [4.78, 5) is 12.4. The van der Waals surface area contributed by atoms with Gasteiger partial charge in [0.2, 0.25) is 5.91 Å². The maximum atomic E-state index is 12.4. The molecule has 3 aromatic rings. The Hall–Kier alpha value is -3.67. The number of nitrogens with one attached hydrogen (secondary N) is 2. The molecule has 1 amide bonds. The number of anilines is 2. The van der Waals surface area contributed by atoms with Crippen molar-refractivity contribution in [1.82, 2.24) is 0 Å². The summed E-state index contributed by atoms with van der Waals surface area (Å²) in [5, 5.41) is 5.95. The Morgan fingerprint density at radius 1 is 0.759 bits per heavy atom. The van der Waals surface area contributed by atoms with E-state index in [2.05, 4.69) is 10.6 Å². The van der Waals surface area contributed by atoms with E-state index in [4.69, 9.17) is 14.2 Å². The fraction of sp³-hybridized carbons (Fsp3) is 0.174. The molecule has 2 N–H and O–H groups in total. The summed E-state index contributed by atoms with van der Waals surface area (Å²) in [6.07, 6.45) is 0. The van der Waals surface area contributed by atoms with Gasteiger partial charge in [-0.2, -0.15) is 0 Å². The number of hydrogen-bond donors (Lipinski definition) is 2. The Morgan fingerprint density at radius 2 is 1.38 bits per heavy atom. The number of para-hydroxylation sites is 5. The molecule has 0 heterocycles. The van der Waals surface area contributed by atoms with E-state index in [0.29, 0.717) is 30.4 Å². The van der Waals surface area contributed by atoms with Gasteiger partial charge in [0.1, 0.15) is 30.5 Å². The van der Waals surface area contributed by atoms with Crippen molar-refractivity contribution in [2.75, 3.05) is 37.5 Å². The maximum Gasteiger partial charge on any atom is 0.243 e. The van der Waals surface area contributed by atoms with Crippen LogP contribution in [-0.2, 0) is 4.79 Å². The minimum atomic E-state index is -0.188. The van der Waals surface area contributed by atoms with Crippen molar-refractivity contribution in [2.24, 2.45) is 0 Å². The standard InChI is InChI=1S/C23H24N2O4/c1-27-21-13-7-5-11-19(21)24-17-23(26)25-20-12-6-8-14-22(20)29-16-15-28-18-9-3-2-4-10-18/h2-14,24H,15-17H2,1H3,(H,25,26). The summed E-state index contributed by atoms with van der Waals surface area (Å²) in [5.41, 5.74) is 1.37. The topological polar surface area (TPSA) is 68.8 Å². The van der Waals surface area contributed by atoms with Gasteiger partial charge in [0.15, 0.2) is 0 Å². The number of amides is 1. The molecule has 0 saturated carbocycles. The third-order valence-corrected chi connectivity index (χ3v) is 4.06. The van der Waals surface area contributed by atoms with Crippen molar-refractivity contribution < 1.29 is 19.0 Å². The van der Waals surface area contributed by atoms with Gasteiger partial charge in [-0.1, -0.05) is 42.5 Å². The summed E-state index contributed by atoms with van der Waals surface area (Å²) in [5.74, 6) is 1.88. The number of ether oxygens (including phenoxy) is 3. The summed E-state index contributed by atoms with van der Waals surface area (Å²) >= 11 is 0. The molecule has 0 aliphatic carbocycles. The van der Waals surface area contributed by atoms with Crippen molar-refractivity contribution >= 4 is 17.3 Å². The lowest BCUT2D eigenvalue weighted by molar-refractivity contribution is -0.114. The summed E-state index contributed by atoms with van der Waals surface area (Å²) in [7, 11) is 1.59. The van der Waals surface area contributed by atoms with Crippen LogP contribution in [0.2, 0.25) is 0 Å². The normalized spacial score (nSPS) is 10.1. The predicted molar refractivity (Wildman–Crippen MR) is 114 cm³/mol. The van der Waals surface area contributed by atoms with E-state index in [-0.39, 0.29) is 12.5 Å². The molecule has 3 aromatic carbocycles. The molecule has 150 valence electrons. The number of carbonyl (C=O) groups is 1. The molecule has 0 aliphatic rings. The molecule has 0 bridgehead atoms. The summed E-state index contributed by atoms with van der Waals surface area (Å²) < 4.78 is 16.7. The second-order valence-corrected chi connectivity index (χ2v) is 6.11. The zero-order valence-corrected chi connectivity index (χ0v) is 16.3. The predicted octanol–water partition coefficient (Wildman–Crippen LogP) is 4.20. The highest BCUT2D eigenvalue weighted by molar-refractivity contribution is 5.95. The van der Waals surface area contributed by atoms with Gasteiger partial charge in [0, 0.05) is 0 Å². The molecule has 3 rings (SSSR count). The smallest absolute Gasteiger partial charge is 0.243 e. The van der Waals surface area contributed by atoms with Crippen LogP contribution in [0.15, 0.2) is 78.9 Å². The molecular formula is C23H24N2O4. The first-order valence-electron chi connectivity index (χ1n) is 9.32. The Labute approximate surface area is 170 Å². The molecule has 0 aliphatic heterocycles. The van der Waals surface area contributed by atoms with Crippen LogP contribution in [0, 0.1) is 0 Å². The monoisotopic (exact) mass is 392 g/mol. The molecule has 6 nitrogen and oxygen atoms in total. The molecule has 29 heavy (non-hydrogen) atoms. The van der Waals surface area contributed by atoms with Crippen molar-refractivity contribution in [3.05, 3.63) is 78.9 Å². The van der Waals surface area contributed by atoms with E-state index >= 15 is 0 Å². The zero-order chi connectivity index (χ0) is 20.3. The molecule has 6 heteroatoms. The molecule has 0 radical (unpaired) electrons. The van der Waals surface area contributed by atoms with E-state index in [1.807, 2.05) is 72.8 Å². The number of carbonyl (C=O) groups excluding carboxylic acids is 1. The molecule has 0 unspecified atom stereocenters. The van der Waals surface area contributed by atoms with Crippen LogP contribution < -0.4 is 24.8 Å². The second-order valence-electron chi connectivity index (χ2n) is 6.11. The van der Waals surface area contributed by atoms with Gasteiger partial charge in [0.05, 0.1) is 25.0 Å². The van der Waals surface area contributed by atoms with Gasteiger partial charge in [-0.05, 0) is 36.4 Å². The van der Waals surface area contributed by atoms with Crippen molar-refractivity contribution in [1.29, 1.82) is 0 Å². The quantitative estimate of drug-likeness (QED) is 0.506. The van der Waals surface area contributed by atoms with Crippen LogP contribution in [0.4, 0.5) is 11.4 Å². The first-order chi connectivity index (χ1) is 14.3. The SMILES string of the molecule is COc1ccccc1NCC(=O)Nc1ccccc1OCCOc1ccccc1. The van der Waals surface area contributed by atoms with Gasteiger partial charge >= 0.3 is 0 Å². The molecule has 0 spiro atoms. The minimum absolute atomic E-state index is 0.103. The first-order valence-corrected chi connectivity index (χ1v) is 9.32. The zero-order valence-electron chi connectivity index (χ0n) is 16.3. The Bertz CT molecular complexity index is 916. The number of benzene rings is 3. The van der Waals surface area contributed by atoms with Crippen molar-refractivity contribution in [2.45, 2.75) is 0 Å². The van der Waals surface area contributed by atoms with Gasteiger partial charge in [0.25, 0.3) is 0 Å². The second kappa shape index (κ2) is 10.6. The molecule has 0 fully saturated rings. The number of rotatable bonds is 10. The highest BCUT2D eigenvalue weighted by Gasteiger charge is 2.09. The van der Waals surface area contributed by atoms with Crippen LogP contribution in [0.1, 0.15) is 0 Å². The van der Waals surface area contributed by atoms with Crippen LogP contribution in [0.3, 0.4) is 0 Å². The van der Waals surface area contributed by atoms with Gasteiger partial charge < -0.3 is 24.8 Å². The largest absolute Gasteiger partial charge is 0.495 e. The van der Waals surface area contributed by atoms with E-state index < -0.39 is 0 Å². The third-order valence-electron chi connectivity index (χ3n) is 4.06. The Kier molecular flexibility index (Phi) is 7.34. The van der Waals surface area contributed by atoms with Gasteiger partial charge in [-0.3, -0.25) is 4.79 Å². The molecule has 0 atom stereocenters. The fourth-order valence-electron chi connectivity index (χ4n) is 2.68. The molecular weight excluding hydrogens is 368 g/mol. The maximum absolute atomic E-state index is 12.4. The van der Waals surface area contributed by atoms with E-state index in [1.165, 1.54) is 0 Å². The summed E-state index contributed by atoms with van der Waals surface area (Å²) in [6.45, 7) is 0.870. The minimum Gasteiger partial charge on any atom is -0.495 e. The van der Waals surface area contributed by atoms with E-state index in [9.17, 15) is 4.79 Å². The first kappa shape index (κ1) is 20.1. The third kappa shape index (κ3) is 6.17. The van der Waals surface area contributed by atoms with Crippen molar-refractivity contribution in [3.8, 4) is 17.2 Å². The van der Waals surface area contributed by atoms with E-state index in [1.54, 1.807) is 13.2 Å². The van der Waals surface area contributed by atoms with Crippen LogP contribution >= 0.6 is 0 Å². The highest BCUT2D eigenvalue weighted by atomic mass is 16.5. The van der Waals surface area contributed by atoms with Gasteiger partial charge in [-0.25, -0.2) is 0 Å². The number of hydrogen-bond acceptors (Lipinski definition) is 5. The average molecular weight is 392 g/mol. The lowest BCUT2D eigenvalue weighted by Gasteiger charge is -2.14. The Balaban J connectivity index is 1.49. The summed E-state index contributed by atoms with van der Waals surface area (Å²) in [6, 6.07) is 24.3. The van der Waals surface area contributed by atoms with Crippen molar-refractivity contribution in [3.63, 3.8) is 0 Å². The molecule has 0 aromatic heterocycles. The lowest BCUT2D eigenvalue weighted by atomic mass is 10.2. The van der Waals surface area contributed by atoms with E-state index in [0.717, 1.165) is 11.4 Å². The Morgan fingerprint density at radius 3 is 2.14 bits per heavy atom. The van der Waals surface area contributed by atoms with Crippen LogP contribution in [-0.4, -0.2) is 32.8 Å². The molecule has 0 saturated heterocycles. The number of methoxy groups -OCH3 is 1. The highest BCUT2D eigenvalue weighted by Crippen LogP contribution is 2.25. The van der Waals surface area contributed by atoms with Crippen LogP contribution in [0.25, 0.3) is 0 Å². The van der Waals surface area contributed by atoms with Crippen LogP contribution in [0.5, 0.6) is 17.2 Å². The lowest BCUT2D eigenvalue weighted by Crippen LogP contribution is -2.22. The fourth-order valence-corrected chi connectivity index (χ4v) is 2.68.